The molecule has 0 heterocycles. The number of carbonyl (C=O) groups excluding carboxylic acids is 2. The smallest absolute Gasteiger partial charge is 0.224 e. The Morgan fingerprint density at radius 2 is 1.52 bits per heavy atom. The van der Waals surface area contributed by atoms with Crippen LogP contribution in [0.3, 0.4) is 0 Å². The fourth-order valence-corrected chi connectivity index (χ4v) is 3.47. The van der Waals surface area contributed by atoms with Gasteiger partial charge in [-0.15, -0.1) is 0 Å². The average Bonchev–Trinajstić information content (AvgIpc) is 2.74. The third-order valence-corrected chi connectivity index (χ3v) is 5.63. The molecule has 3 aromatic rings. The third kappa shape index (κ3) is 5.91. The lowest BCUT2D eigenvalue weighted by Gasteiger charge is -2.19. The van der Waals surface area contributed by atoms with E-state index in [0.717, 1.165) is 5.56 Å². The Kier molecular flexibility index (Phi) is 6.74. The summed E-state index contributed by atoms with van der Waals surface area (Å²) in [4.78, 5) is 25.3. The van der Waals surface area contributed by atoms with Crippen LogP contribution < -0.4 is 5.32 Å². The van der Waals surface area contributed by atoms with Gasteiger partial charge in [-0.1, -0.05) is 75.4 Å². The Bertz CT molecular complexity index is 1090. The number of ketones is 1. The van der Waals surface area contributed by atoms with E-state index in [1.54, 1.807) is 18.2 Å². The molecule has 0 aliphatic rings. The van der Waals surface area contributed by atoms with Crippen LogP contribution in [-0.4, -0.2) is 11.7 Å². The maximum Gasteiger partial charge on any atom is 0.224 e. The SMILES string of the molecule is Cc1ccc(CCC(=O)Nc2cccc(C(=O)c3ccc(C(C)(C)C)cc3)c2)cc1C. The molecule has 3 aromatic carbocycles. The average molecular weight is 414 g/mol. The fourth-order valence-electron chi connectivity index (χ4n) is 3.47. The molecule has 3 heteroatoms. The van der Waals surface area contributed by atoms with Gasteiger partial charge in [0.2, 0.25) is 5.91 Å². The predicted molar refractivity (Wildman–Crippen MR) is 128 cm³/mol. The van der Waals surface area contributed by atoms with Gasteiger partial charge < -0.3 is 5.32 Å². The van der Waals surface area contributed by atoms with E-state index in [4.69, 9.17) is 0 Å². The van der Waals surface area contributed by atoms with E-state index >= 15 is 0 Å². The molecule has 0 aliphatic carbocycles. The van der Waals surface area contributed by atoms with Gasteiger partial charge in [0.05, 0.1) is 0 Å². The molecule has 1 N–H and O–H groups in total. The summed E-state index contributed by atoms with van der Waals surface area (Å²) in [6, 6.07) is 21.2. The maximum atomic E-state index is 12.9. The van der Waals surface area contributed by atoms with Crippen molar-refractivity contribution in [2.24, 2.45) is 0 Å². The predicted octanol–water partition coefficient (Wildman–Crippen LogP) is 6.40. The minimum absolute atomic E-state index is 0.0447. The van der Waals surface area contributed by atoms with Gasteiger partial charge in [0, 0.05) is 23.2 Å². The van der Waals surface area contributed by atoms with Gasteiger partial charge in [0.25, 0.3) is 0 Å². The van der Waals surface area contributed by atoms with E-state index in [1.165, 1.54) is 16.7 Å². The Labute approximate surface area is 185 Å². The van der Waals surface area contributed by atoms with Crippen LogP contribution in [0, 0.1) is 13.8 Å². The highest BCUT2D eigenvalue weighted by molar-refractivity contribution is 6.09. The zero-order valence-electron chi connectivity index (χ0n) is 19.1. The van der Waals surface area contributed by atoms with Crippen molar-refractivity contribution in [3.63, 3.8) is 0 Å². The Morgan fingerprint density at radius 1 is 0.806 bits per heavy atom. The summed E-state index contributed by atoms with van der Waals surface area (Å²) in [5.74, 6) is -0.107. The molecule has 0 aliphatic heterocycles. The number of amides is 1. The Balaban J connectivity index is 1.64. The molecule has 0 aromatic heterocycles. The largest absolute Gasteiger partial charge is 0.326 e. The standard InChI is InChI=1S/C28H31NO2/c1-19-9-10-21(17-20(19)2)11-16-26(30)29-25-8-6-7-23(18-25)27(31)22-12-14-24(15-13-22)28(3,4)5/h6-10,12-15,17-18H,11,16H2,1-5H3,(H,29,30). The molecule has 0 fully saturated rings. The van der Waals surface area contributed by atoms with Crippen LogP contribution in [0.2, 0.25) is 0 Å². The van der Waals surface area contributed by atoms with E-state index in [2.05, 4.69) is 58.1 Å². The highest BCUT2D eigenvalue weighted by Gasteiger charge is 2.15. The molecular weight excluding hydrogens is 382 g/mol. The quantitative estimate of drug-likeness (QED) is 0.475. The molecule has 0 atom stereocenters. The van der Waals surface area contributed by atoms with Crippen molar-refractivity contribution in [3.8, 4) is 0 Å². The molecule has 3 nitrogen and oxygen atoms in total. The topological polar surface area (TPSA) is 46.2 Å². The molecule has 1 amide bonds. The van der Waals surface area contributed by atoms with Gasteiger partial charge in [-0.25, -0.2) is 0 Å². The fraction of sp³-hybridized carbons (Fsp3) is 0.286. The first-order valence-electron chi connectivity index (χ1n) is 10.7. The summed E-state index contributed by atoms with van der Waals surface area (Å²) < 4.78 is 0. The lowest BCUT2D eigenvalue weighted by molar-refractivity contribution is -0.116. The Morgan fingerprint density at radius 3 is 2.16 bits per heavy atom. The Hall–Kier alpha value is -3.20. The van der Waals surface area contributed by atoms with Gasteiger partial charge in [0.15, 0.2) is 5.78 Å². The number of benzene rings is 3. The van der Waals surface area contributed by atoms with Gasteiger partial charge in [-0.05, 0) is 60.1 Å². The lowest BCUT2D eigenvalue weighted by Crippen LogP contribution is -2.13. The van der Waals surface area contributed by atoms with Crippen molar-refractivity contribution in [3.05, 3.63) is 100 Å². The first kappa shape index (κ1) is 22.5. The van der Waals surface area contributed by atoms with Crippen LogP contribution in [0.15, 0.2) is 66.7 Å². The summed E-state index contributed by atoms with van der Waals surface area (Å²) >= 11 is 0. The molecule has 0 spiro atoms. The molecular formula is C28H31NO2. The number of nitrogens with one attached hydrogen (secondary N) is 1. The number of rotatable bonds is 6. The van der Waals surface area contributed by atoms with Crippen LogP contribution >= 0.6 is 0 Å². The van der Waals surface area contributed by atoms with Crippen LogP contribution in [0.4, 0.5) is 5.69 Å². The summed E-state index contributed by atoms with van der Waals surface area (Å²) in [7, 11) is 0. The zero-order valence-corrected chi connectivity index (χ0v) is 19.1. The third-order valence-electron chi connectivity index (χ3n) is 5.63. The van der Waals surface area contributed by atoms with Crippen LogP contribution in [0.5, 0.6) is 0 Å². The second-order valence-corrected chi connectivity index (χ2v) is 9.20. The molecule has 0 saturated heterocycles. The monoisotopic (exact) mass is 413 g/mol. The highest BCUT2D eigenvalue weighted by Crippen LogP contribution is 2.23. The second kappa shape index (κ2) is 9.30. The van der Waals surface area contributed by atoms with Crippen molar-refractivity contribution < 1.29 is 9.59 Å². The van der Waals surface area contributed by atoms with Gasteiger partial charge in [-0.3, -0.25) is 9.59 Å². The summed E-state index contributed by atoms with van der Waals surface area (Å²) in [6.07, 6.45) is 1.08. The van der Waals surface area contributed by atoms with Crippen molar-refractivity contribution in [2.75, 3.05) is 5.32 Å². The van der Waals surface area contributed by atoms with E-state index in [1.807, 2.05) is 30.3 Å². The lowest BCUT2D eigenvalue weighted by atomic mass is 9.86. The van der Waals surface area contributed by atoms with Crippen molar-refractivity contribution in [2.45, 2.75) is 52.9 Å². The summed E-state index contributed by atoms with van der Waals surface area (Å²) in [5, 5.41) is 2.92. The highest BCUT2D eigenvalue weighted by atomic mass is 16.1. The minimum Gasteiger partial charge on any atom is -0.326 e. The van der Waals surface area contributed by atoms with Crippen molar-refractivity contribution in [1.29, 1.82) is 0 Å². The number of carbonyl (C=O) groups is 2. The first-order chi connectivity index (χ1) is 14.6. The molecule has 0 unspecified atom stereocenters. The van der Waals surface area contributed by atoms with Gasteiger partial charge >= 0.3 is 0 Å². The van der Waals surface area contributed by atoms with Crippen LogP contribution in [0.1, 0.15) is 65.4 Å². The molecule has 0 radical (unpaired) electrons. The van der Waals surface area contributed by atoms with Crippen LogP contribution in [0.25, 0.3) is 0 Å². The van der Waals surface area contributed by atoms with Gasteiger partial charge in [-0.2, -0.15) is 0 Å². The normalized spacial score (nSPS) is 11.3. The number of hydrogen-bond donors (Lipinski definition) is 1. The van der Waals surface area contributed by atoms with Crippen molar-refractivity contribution >= 4 is 17.4 Å². The molecule has 0 bridgehead atoms. The molecule has 3 rings (SSSR count). The maximum absolute atomic E-state index is 12.9. The molecule has 31 heavy (non-hydrogen) atoms. The zero-order chi connectivity index (χ0) is 22.6. The van der Waals surface area contributed by atoms with E-state index < -0.39 is 0 Å². The van der Waals surface area contributed by atoms with Crippen LogP contribution in [-0.2, 0) is 16.6 Å². The molecule has 0 saturated carbocycles. The van der Waals surface area contributed by atoms with Gasteiger partial charge in [0.1, 0.15) is 0 Å². The second-order valence-electron chi connectivity index (χ2n) is 9.20. The minimum atomic E-state index is -0.0580. The summed E-state index contributed by atoms with van der Waals surface area (Å²) in [5.41, 5.74) is 6.73. The van der Waals surface area contributed by atoms with Crippen molar-refractivity contribution in [1.82, 2.24) is 0 Å². The molecule has 160 valence electrons. The number of aryl methyl sites for hydroxylation is 3. The van der Waals surface area contributed by atoms with E-state index in [9.17, 15) is 9.59 Å². The number of hydrogen-bond acceptors (Lipinski definition) is 2. The number of anilines is 1. The van der Waals surface area contributed by atoms with E-state index in [0.29, 0.717) is 29.7 Å². The van der Waals surface area contributed by atoms with E-state index in [-0.39, 0.29) is 17.1 Å². The summed E-state index contributed by atoms with van der Waals surface area (Å²) in [6.45, 7) is 10.6. The first-order valence-corrected chi connectivity index (χ1v) is 10.7.